The van der Waals surface area contributed by atoms with Crippen molar-refractivity contribution in [3.05, 3.63) is 29.8 Å². The first-order chi connectivity index (χ1) is 12.0. The highest BCUT2D eigenvalue weighted by molar-refractivity contribution is 5.83. The number of fused-ring (bicyclic) bond motifs is 1. The van der Waals surface area contributed by atoms with Gasteiger partial charge in [-0.1, -0.05) is 12.1 Å². The highest BCUT2D eigenvalue weighted by Crippen LogP contribution is 2.27. The number of piperazine rings is 1. The van der Waals surface area contributed by atoms with Crippen molar-refractivity contribution < 1.29 is 9.53 Å². The molecule has 1 amide bonds. The van der Waals surface area contributed by atoms with Gasteiger partial charge in [-0.2, -0.15) is 0 Å². The van der Waals surface area contributed by atoms with Crippen molar-refractivity contribution in [1.82, 2.24) is 14.7 Å². The molecule has 1 aromatic rings. The molecule has 0 aromatic heterocycles. The lowest BCUT2D eigenvalue weighted by Crippen LogP contribution is -2.58. The Labute approximate surface area is 151 Å². The summed E-state index contributed by atoms with van der Waals surface area (Å²) >= 11 is 0. The molecule has 0 aliphatic carbocycles. The van der Waals surface area contributed by atoms with E-state index in [2.05, 4.69) is 40.9 Å². The molecule has 0 saturated carbocycles. The number of carbonyl (C=O) groups is 1. The Balaban J connectivity index is 1.51. The van der Waals surface area contributed by atoms with Crippen LogP contribution in [-0.2, 0) is 11.3 Å². The summed E-state index contributed by atoms with van der Waals surface area (Å²) in [6, 6.07) is 8.74. The number of hydrogen-bond donors (Lipinski definition) is 0. The summed E-state index contributed by atoms with van der Waals surface area (Å²) in [5.41, 5.74) is 1.24. The fraction of sp³-hybridized carbons (Fsp3) is 0.650. The van der Waals surface area contributed by atoms with E-state index in [9.17, 15) is 4.79 Å². The molecule has 0 spiro atoms. The summed E-state index contributed by atoms with van der Waals surface area (Å²) in [5.74, 6) is 1.22. The molecule has 2 heterocycles. The number of carbonyl (C=O) groups excluding carboxylic acids is 1. The number of rotatable bonds is 7. The number of hydrogen-bond acceptors (Lipinski definition) is 4. The lowest BCUT2D eigenvalue weighted by Gasteiger charge is -2.41. The minimum Gasteiger partial charge on any atom is -0.494 e. The first-order valence-corrected chi connectivity index (χ1v) is 9.45. The van der Waals surface area contributed by atoms with Gasteiger partial charge in [0.15, 0.2) is 0 Å². The first-order valence-electron chi connectivity index (χ1n) is 9.45. The van der Waals surface area contributed by atoms with Crippen molar-refractivity contribution in [2.45, 2.75) is 44.8 Å². The molecule has 2 aliphatic rings. The molecule has 5 nitrogen and oxygen atoms in total. The quantitative estimate of drug-likeness (QED) is 0.710. The summed E-state index contributed by atoms with van der Waals surface area (Å²) < 4.78 is 5.80. The molecule has 3 rings (SSSR count). The van der Waals surface area contributed by atoms with Gasteiger partial charge >= 0.3 is 0 Å². The van der Waals surface area contributed by atoms with E-state index in [4.69, 9.17) is 4.74 Å². The molecule has 1 aromatic carbocycles. The molecule has 0 N–H and O–H groups in total. The smallest absolute Gasteiger partial charge is 0.239 e. The van der Waals surface area contributed by atoms with Crippen LogP contribution in [0.2, 0.25) is 0 Å². The zero-order valence-corrected chi connectivity index (χ0v) is 15.8. The van der Waals surface area contributed by atoms with Crippen LogP contribution in [0.1, 0.15) is 31.7 Å². The predicted molar refractivity (Wildman–Crippen MR) is 99.7 cm³/mol. The lowest BCUT2D eigenvalue weighted by atomic mass is 10.1. The van der Waals surface area contributed by atoms with Crippen molar-refractivity contribution in [2.75, 3.05) is 40.3 Å². The van der Waals surface area contributed by atoms with Crippen LogP contribution in [-0.4, -0.2) is 73.0 Å². The number of nitrogens with zero attached hydrogens (tertiary/aromatic N) is 3. The minimum atomic E-state index is -0.0173. The molecule has 5 heteroatoms. The van der Waals surface area contributed by atoms with Crippen molar-refractivity contribution in [1.29, 1.82) is 0 Å². The third-order valence-electron chi connectivity index (χ3n) is 5.34. The van der Waals surface area contributed by atoms with Crippen LogP contribution in [0.15, 0.2) is 24.3 Å². The van der Waals surface area contributed by atoms with E-state index < -0.39 is 0 Å². The van der Waals surface area contributed by atoms with Crippen LogP contribution in [0.25, 0.3) is 0 Å². The minimum absolute atomic E-state index is 0.0173. The zero-order chi connectivity index (χ0) is 17.8. The molecule has 2 atom stereocenters. The maximum Gasteiger partial charge on any atom is 0.239 e. The number of amides is 1. The van der Waals surface area contributed by atoms with Gasteiger partial charge < -0.3 is 14.5 Å². The summed E-state index contributed by atoms with van der Waals surface area (Å²) in [6.45, 7) is 6.60. The van der Waals surface area contributed by atoms with Crippen molar-refractivity contribution >= 4 is 5.91 Å². The Bertz CT molecular complexity index is 573. The summed E-state index contributed by atoms with van der Waals surface area (Å²) in [6.07, 6.45) is 3.32. The van der Waals surface area contributed by atoms with Crippen LogP contribution >= 0.6 is 0 Å². The van der Waals surface area contributed by atoms with Crippen LogP contribution in [0.3, 0.4) is 0 Å². The fourth-order valence-corrected chi connectivity index (χ4v) is 3.84. The standard InChI is InChI=1S/C20H31N3O2/c1-16-20(24)23-12-4-6-18(23)15-22(16)14-17-7-9-19(10-8-17)25-13-5-11-21(2)3/h7-10,16,18H,4-6,11-15H2,1-3H3/t16-,18-/m1/s1. The highest BCUT2D eigenvalue weighted by Gasteiger charge is 2.39. The average molecular weight is 345 g/mol. The Morgan fingerprint density at radius 1 is 1.24 bits per heavy atom. The molecule has 138 valence electrons. The van der Waals surface area contributed by atoms with Gasteiger partial charge in [-0.3, -0.25) is 9.69 Å². The predicted octanol–water partition coefficient (Wildman–Crippen LogP) is 2.21. The second kappa shape index (κ2) is 8.19. The van der Waals surface area contributed by atoms with Crippen LogP contribution in [0.4, 0.5) is 0 Å². The topological polar surface area (TPSA) is 36.0 Å². The van der Waals surface area contributed by atoms with Gasteiger partial charge in [-0.25, -0.2) is 0 Å². The van der Waals surface area contributed by atoms with Gasteiger partial charge in [0, 0.05) is 32.2 Å². The second-order valence-corrected chi connectivity index (χ2v) is 7.58. The maximum absolute atomic E-state index is 12.5. The fourth-order valence-electron chi connectivity index (χ4n) is 3.84. The summed E-state index contributed by atoms with van der Waals surface area (Å²) in [7, 11) is 4.15. The molecule has 0 bridgehead atoms. The maximum atomic E-state index is 12.5. The monoisotopic (exact) mass is 345 g/mol. The Morgan fingerprint density at radius 3 is 2.72 bits per heavy atom. The van der Waals surface area contributed by atoms with Gasteiger partial charge in [-0.15, -0.1) is 0 Å². The molecule has 2 fully saturated rings. The third kappa shape index (κ3) is 4.53. The number of benzene rings is 1. The van der Waals surface area contributed by atoms with Crippen molar-refractivity contribution in [3.63, 3.8) is 0 Å². The van der Waals surface area contributed by atoms with Crippen molar-refractivity contribution in [2.24, 2.45) is 0 Å². The third-order valence-corrected chi connectivity index (χ3v) is 5.34. The van der Waals surface area contributed by atoms with Gasteiger partial charge in [0.1, 0.15) is 5.75 Å². The zero-order valence-electron chi connectivity index (χ0n) is 15.8. The van der Waals surface area contributed by atoms with Gasteiger partial charge in [0.25, 0.3) is 0 Å². The molecule has 0 radical (unpaired) electrons. The summed E-state index contributed by atoms with van der Waals surface area (Å²) in [4.78, 5) is 19.1. The molecule has 2 aliphatic heterocycles. The van der Waals surface area contributed by atoms with E-state index in [1.807, 2.05) is 19.1 Å². The number of ether oxygens (including phenoxy) is 1. The molecular weight excluding hydrogens is 314 g/mol. The largest absolute Gasteiger partial charge is 0.494 e. The van der Waals surface area contributed by atoms with Crippen LogP contribution < -0.4 is 4.74 Å². The lowest BCUT2D eigenvalue weighted by molar-refractivity contribution is -0.143. The summed E-state index contributed by atoms with van der Waals surface area (Å²) in [5, 5.41) is 0. The normalized spacial score (nSPS) is 24.0. The van der Waals surface area contributed by atoms with Gasteiger partial charge in [0.2, 0.25) is 5.91 Å². The Morgan fingerprint density at radius 2 is 2.00 bits per heavy atom. The molecule has 2 saturated heterocycles. The SMILES string of the molecule is C[C@@H]1C(=O)N2CCC[C@@H]2CN1Cc1ccc(OCCCN(C)C)cc1. The van der Waals surface area contributed by atoms with Gasteiger partial charge in [0.05, 0.1) is 12.6 Å². The van der Waals surface area contributed by atoms with Crippen LogP contribution in [0.5, 0.6) is 5.75 Å². The molecular formula is C20H31N3O2. The van der Waals surface area contributed by atoms with E-state index in [1.54, 1.807) is 0 Å². The Kier molecular flexibility index (Phi) is 5.97. The first kappa shape index (κ1) is 18.2. The molecule has 0 unspecified atom stereocenters. The van der Waals surface area contributed by atoms with Crippen LogP contribution in [0, 0.1) is 0 Å². The van der Waals surface area contributed by atoms with Gasteiger partial charge in [-0.05, 0) is 58.0 Å². The van der Waals surface area contributed by atoms with E-state index >= 15 is 0 Å². The van der Waals surface area contributed by atoms with E-state index in [1.165, 1.54) is 5.56 Å². The Hall–Kier alpha value is -1.59. The average Bonchev–Trinajstić information content (AvgIpc) is 3.06. The van der Waals surface area contributed by atoms with Crippen molar-refractivity contribution in [3.8, 4) is 5.75 Å². The van der Waals surface area contributed by atoms with E-state index in [0.29, 0.717) is 11.9 Å². The van der Waals surface area contributed by atoms with E-state index in [-0.39, 0.29) is 6.04 Å². The molecule has 25 heavy (non-hydrogen) atoms. The second-order valence-electron chi connectivity index (χ2n) is 7.58. The van der Waals surface area contributed by atoms with E-state index in [0.717, 1.165) is 57.8 Å². The highest BCUT2D eigenvalue weighted by atomic mass is 16.5.